The third-order valence-electron chi connectivity index (χ3n) is 3.53. The zero-order chi connectivity index (χ0) is 17.8. The Bertz CT molecular complexity index is 542. The van der Waals surface area contributed by atoms with Crippen LogP contribution in [0.1, 0.15) is 12.5 Å². The first-order chi connectivity index (χ1) is 10.6. The van der Waals surface area contributed by atoms with E-state index in [0.717, 1.165) is 6.92 Å². The number of hydrogen-bond donors (Lipinski definition) is 6. The summed E-state index contributed by atoms with van der Waals surface area (Å²) in [4.78, 5) is 24.1. The number of benzene rings is 1. The number of hydrogen-bond acceptors (Lipinski definition) is 8. The van der Waals surface area contributed by atoms with Gasteiger partial charge in [0.25, 0.3) is 0 Å². The minimum atomic E-state index is -2.37. The van der Waals surface area contributed by atoms with E-state index >= 15 is 0 Å². The van der Waals surface area contributed by atoms with Crippen molar-refractivity contribution < 1.29 is 40.2 Å². The van der Waals surface area contributed by atoms with Crippen LogP contribution in [0.5, 0.6) is 0 Å². The molecule has 0 bridgehead atoms. The maximum atomic E-state index is 12.1. The fourth-order valence-electron chi connectivity index (χ4n) is 1.95. The van der Waals surface area contributed by atoms with E-state index in [0.29, 0.717) is 0 Å². The molecule has 0 amide bonds. The minimum absolute atomic E-state index is 0.107. The minimum Gasteiger partial charge on any atom is -0.394 e. The number of Topliss-reactive ketones (excluding diaryl/α,β-unsaturated/α-hetero) is 2. The molecule has 6 N–H and O–H groups in total. The lowest BCUT2D eigenvalue weighted by Crippen LogP contribution is -2.52. The van der Waals surface area contributed by atoms with Crippen molar-refractivity contribution in [3.8, 4) is 0 Å². The second-order valence-corrected chi connectivity index (χ2v) is 5.31. The van der Waals surface area contributed by atoms with Crippen molar-refractivity contribution in [2.45, 2.75) is 36.9 Å². The lowest BCUT2D eigenvalue weighted by Gasteiger charge is -2.27. The van der Waals surface area contributed by atoms with Gasteiger partial charge < -0.3 is 30.6 Å². The zero-order valence-corrected chi connectivity index (χ0v) is 12.4. The highest BCUT2D eigenvalue weighted by Crippen LogP contribution is 2.23. The first kappa shape index (κ1) is 19.4. The van der Waals surface area contributed by atoms with E-state index < -0.39 is 48.2 Å². The molecule has 0 fully saturated rings. The van der Waals surface area contributed by atoms with Gasteiger partial charge in [-0.25, -0.2) is 0 Å². The Kier molecular flexibility index (Phi) is 6.51. The second-order valence-electron chi connectivity index (χ2n) is 5.31. The Morgan fingerprint density at radius 1 is 1.04 bits per heavy atom. The molecular formula is C15H20O8. The molecular weight excluding hydrogens is 308 g/mol. The average Bonchev–Trinajstić information content (AvgIpc) is 2.58. The summed E-state index contributed by atoms with van der Waals surface area (Å²) in [5, 5.41) is 56.9. The molecule has 0 saturated carbocycles. The van der Waals surface area contributed by atoms with E-state index in [-0.39, 0.29) is 5.56 Å². The molecule has 0 saturated heterocycles. The van der Waals surface area contributed by atoms with Crippen LogP contribution in [0.25, 0.3) is 0 Å². The number of carbonyl (C=O) groups excluding carboxylic acids is 2. The number of carbonyl (C=O) groups is 2. The zero-order valence-electron chi connectivity index (χ0n) is 12.4. The van der Waals surface area contributed by atoms with Crippen LogP contribution < -0.4 is 0 Å². The third kappa shape index (κ3) is 4.20. The largest absolute Gasteiger partial charge is 0.394 e. The van der Waals surface area contributed by atoms with Crippen molar-refractivity contribution in [2.24, 2.45) is 0 Å². The Labute approximate surface area is 132 Å². The molecule has 1 aromatic rings. The average molecular weight is 328 g/mol. The summed E-state index contributed by atoms with van der Waals surface area (Å²) in [7, 11) is 0. The van der Waals surface area contributed by atoms with Crippen molar-refractivity contribution in [2.75, 3.05) is 6.61 Å². The van der Waals surface area contributed by atoms with Gasteiger partial charge in [0, 0.05) is 0 Å². The lowest BCUT2D eigenvalue weighted by molar-refractivity contribution is -0.161. The topological polar surface area (TPSA) is 156 Å². The van der Waals surface area contributed by atoms with E-state index in [2.05, 4.69) is 0 Å². The molecule has 1 aromatic carbocycles. The summed E-state index contributed by atoms with van der Waals surface area (Å²) < 4.78 is 0. The maximum Gasteiger partial charge on any atom is 0.236 e. The number of ketones is 2. The predicted molar refractivity (Wildman–Crippen MR) is 77.1 cm³/mol. The van der Waals surface area contributed by atoms with Crippen LogP contribution in [0.3, 0.4) is 0 Å². The SMILES string of the molecule is CC(O)(C(=O)C(=O)[C@H](O)[C@@H](O)[C@H](O)[C@H](O)CO)c1ccccc1. The molecule has 0 aliphatic heterocycles. The van der Waals surface area contributed by atoms with Crippen molar-refractivity contribution in [1.82, 2.24) is 0 Å². The summed E-state index contributed by atoms with van der Waals surface area (Å²) in [5.74, 6) is -2.92. The molecule has 8 nitrogen and oxygen atoms in total. The van der Waals surface area contributed by atoms with E-state index in [1.54, 1.807) is 6.07 Å². The van der Waals surface area contributed by atoms with E-state index in [9.17, 15) is 35.1 Å². The molecule has 0 spiro atoms. The van der Waals surface area contributed by atoms with Crippen molar-refractivity contribution in [1.29, 1.82) is 0 Å². The van der Waals surface area contributed by atoms with E-state index in [1.165, 1.54) is 24.3 Å². The number of rotatable bonds is 8. The van der Waals surface area contributed by atoms with Gasteiger partial charge in [0.1, 0.15) is 24.4 Å². The van der Waals surface area contributed by atoms with Crippen LogP contribution in [0, 0.1) is 0 Å². The van der Waals surface area contributed by atoms with Crippen molar-refractivity contribution in [3.05, 3.63) is 35.9 Å². The summed E-state index contributed by atoms with van der Waals surface area (Å²) >= 11 is 0. The molecule has 1 unspecified atom stereocenters. The van der Waals surface area contributed by atoms with Crippen LogP contribution >= 0.6 is 0 Å². The molecule has 0 radical (unpaired) electrons. The Morgan fingerprint density at radius 2 is 1.57 bits per heavy atom. The number of aliphatic hydroxyl groups excluding tert-OH is 5. The van der Waals surface area contributed by atoms with Gasteiger partial charge >= 0.3 is 0 Å². The van der Waals surface area contributed by atoms with Crippen molar-refractivity contribution >= 4 is 11.6 Å². The molecule has 0 heterocycles. The standard InChI is InChI=1S/C15H20O8/c1-15(23,8-5-3-2-4-6-8)14(22)13(21)12(20)11(19)10(18)9(17)7-16/h2-6,9-12,16-20,23H,7H2,1H3/t9-,10-,11+,12-,15?/m1/s1. The molecule has 0 aromatic heterocycles. The lowest BCUT2D eigenvalue weighted by atomic mass is 9.86. The molecule has 5 atom stereocenters. The second kappa shape index (κ2) is 7.73. The van der Waals surface area contributed by atoms with Crippen LogP contribution in [-0.2, 0) is 15.2 Å². The predicted octanol–water partition coefficient (Wildman–Crippen LogP) is -2.53. The van der Waals surface area contributed by atoms with Gasteiger partial charge in [-0.15, -0.1) is 0 Å². The quantitative estimate of drug-likeness (QED) is 0.285. The highest BCUT2D eigenvalue weighted by Gasteiger charge is 2.43. The van der Waals surface area contributed by atoms with Gasteiger partial charge in [0.05, 0.1) is 6.61 Å². The normalized spacial score (nSPS) is 19.3. The van der Waals surface area contributed by atoms with Gasteiger partial charge in [0.15, 0.2) is 5.60 Å². The van der Waals surface area contributed by atoms with Crippen LogP contribution in [0.4, 0.5) is 0 Å². The van der Waals surface area contributed by atoms with Crippen LogP contribution in [0.15, 0.2) is 30.3 Å². The van der Waals surface area contributed by atoms with Gasteiger partial charge in [-0.05, 0) is 12.5 Å². The summed E-state index contributed by atoms with van der Waals surface area (Å²) in [5.41, 5.74) is -2.13. The molecule has 23 heavy (non-hydrogen) atoms. The summed E-state index contributed by atoms with van der Waals surface area (Å²) in [6, 6.07) is 7.51. The monoisotopic (exact) mass is 328 g/mol. The molecule has 128 valence electrons. The van der Waals surface area contributed by atoms with Crippen LogP contribution in [0.2, 0.25) is 0 Å². The smallest absolute Gasteiger partial charge is 0.236 e. The molecule has 1 rings (SSSR count). The van der Waals surface area contributed by atoms with Gasteiger partial charge in [-0.1, -0.05) is 30.3 Å². The Hall–Kier alpha value is -1.68. The first-order valence-electron chi connectivity index (χ1n) is 6.84. The third-order valence-corrected chi connectivity index (χ3v) is 3.53. The molecule has 0 aliphatic carbocycles. The Balaban J connectivity index is 2.93. The fraction of sp³-hybridized carbons (Fsp3) is 0.467. The Morgan fingerprint density at radius 3 is 2.04 bits per heavy atom. The van der Waals surface area contributed by atoms with Crippen molar-refractivity contribution in [3.63, 3.8) is 0 Å². The molecule has 0 aliphatic rings. The molecule has 8 heteroatoms. The number of aliphatic hydroxyl groups is 6. The van der Waals surface area contributed by atoms with E-state index in [4.69, 9.17) is 5.11 Å². The summed E-state index contributed by atoms with van der Waals surface area (Å²) in [6.07, 6.45) is -8.43. The van der Waals surface area contributed by atoms with Gasteiger partial charge in [-0.2, -0.15) is 0 Å². The maximum absolute atomic E-state index is 12.1. The van der Waals surface area contributed by atoms with Gasteiger partial charge in [0.2, 0.25) is 11.6 Å². The highest BCUT2D eigenvalue weighted by molar-refractivity contribution is 6.41. The fourth-order valence-corrected chi connectivity index (χ4v) is 1.95. The highest BCUT2D eigenvalue weighted by atomic mass is 16.4. The van der Waals surface area contributed by atoms with E-state index in [1.807, 2.05) is 0 Å². The first-order valence-corrected chi connectivity index (χ1v) is 6.84. The van der Waals surface area contributed by atoms with Crippen LogP contribution in [-0.4, -0.2) is 73.2 Å². The van der Waals surface area contributed by atoms with Gasteiger partial charge in [-0.3, -0.25) is 9.59 Å². The summed E-state index contributed by atoms with van der Waals surface area (Å²) in [6.45, 7) is 0.134.